The largest absolute Gasteiger partial charge is 0.324 e. The maximum atomic E-state index is 6.03. The summed E-state index contributed by atoms with van der Waals surface area (Å²) in [5.74, 6) is 0. The topological polar surface area (TPSA) is 26.0 Å². The van der Waals surface area contributed by atoms with Gasteiger partial charge in [0.05, 0.1) is 0 Å². The second-order valence-electron chi connectivity index (χ2n) is 3.62. The van der Waals surface area contributed by atoms with E-state index in [9.17, 15) is 0 Å². The molecule has 0 spiro atoms. The van der Waals surface area contributed by atoms with Crippen molar-refractivity contribution in [3.05, 3.63) is 35.5 Å². The normalized spacial score (nSPS) is 19.0. The lowest BCUT2D eigenvalue weighted by atomic mass is 10.0. The smallest absolute Gasteiger partial charge is 0.0291 e. The maximum Gasteiger partial charge on any atom is 0.0291 e. The lowest BCUT2D eigenvalue weighted by Gasteiger charge is -2.10. The molecule has 0 saturated heterocycles. The van der Waals surface area contributed by atoms with Crippen LogP contribution in [0.3, 0.4) is 0 Å². The molecule has 2 N–H and O–H groups in total. The lowest BCUT2D eigenvalue weighted by molar-refractivity contribution is 0.683. The third-order valence-electron chi connectivity index (χ3n) is 2.36. The third-order valence-corrected chi connectivity index (χ3v) is 2.36. The first kappa shape index (κ1) is 10.3. The van der Waals surface area contributed by atoms with Gasteiger partial charge in [-0.05, 0) is 25.3 Å². The van der Waals surface area contributed by atoms with Gasteiger partial charge in [-0.15, -0.1) is 0 Å². The van der Waals surface area contributed by atoms with E-state index >= 15 is 0 Å². The summed E-state index contributed by atoms with van der Waals surface area (Å²) in [5.41, 5.74) is 8.65. The van der Waals surface area contributed by atoms with E-state index in [0.717, 1.165) is 19.3 Å². The highest BCUT2D eigenvalue weighted by Crippen LogP contribution is 2.14. The molecule has 72 valence electrons. The summed E-state index contributed by atoms with van der Waals surface area (Å²) in [6.45, 7) is 4.29. The molecule has 1 heteroatoms. The molecule has 0 saturated carbocycles. The molecule has 13 heavy (non-hydrogen) atoms. The highest BCUT2D eigenvalue weighted by molar-refractivity contribution is 5.33. The van der Waals surface area contributed by atoms with Gasteiger partial charge in [-0.3, -0.25) is 0 Å². The molecule has 0 aromatic rings. The van der Waals surface area contributed by atoms with Crippen molar-refractivity contribution in [2.45, 2.75) is 39.2 Å². The van der Waals surface area contributed by atoms with Crippen molar-refractivity contribution < 1.29 is 0 Å². The standard InChI is InChI=1S/C12H19N/c1-3-5-12(13)11-7-4-6-10(2)8-9-11/h6-9,12H,3-5,13H2,1-2H3. The van der Waals surface area contributed by atoms with E-state index in [4.69, 9.17) is 5.73 Å². The molecule has 1 nitrogen and oxygen atoms in total. The Labute approximate surface area is 81.0 Å². The van der Waals surface area contributed by atoms with E-state index in [0.29, 0.717) is 0 Å². The van der Waals surface area contributed by atoms with Gasteiger partial charge in [0.1, 0.15) is 0 Å². The van der Waals surface area contributed by atoms with Gasteiger partial charge in [-0.1, -0.05) is 43.2 Å². The molecule has 1 rings (SSSR count). The van der Waals surface area contributed by atoms with Crippen LogP contribution in [0.25, 0.3) is 0 Å². The van der Waals surface area contributed by atoms with E-state index in [1.54, 1.807) is 0 Å². The van der Waals surface area contributed by atoms with E-state index in [1.807, 2.05) is 0 Å². The van der Waals surface area contributed by atoms with Gasteiger partial charge in [0.25, 0.3) is 0 Å². The summed E-state index contributed by atoms with van der Waals surface area (Å²) in [6, 6.07) is 0.223. The SMILES string of the molecule is CCCC(N)C1=CCC=C(C)C=C1. The summed E-state index contributed by atoms with van der Waals surface area (Å²) < 4.78 is 0. The average Bonchev–Trinajstić information content (AvgIpc) is 2.30. The van der Waals surface area contributed by atoms with Gasteiger partial charge < -0.3 is 5.73 Å². The fraction of sp³-hybridized carbons (Fsp3) is 0.500. The van der Waals surface area contributed by atoms with Crippen molar-refractivity contribution in [2.24, 2.45) is 5.73 Å². The van der Waals surface area contributed by atoms with E-state index < -0.39 is 0 Å². The Balaban J connectivity index is 2.62. The minimum Gasteiger partial charge on any atom is -0.324 e. The van der Waals surface area contributed by atoms with Crippen molar-refractivity contribution in [1.29, 1.82) is 0 Å². The summed E-state index contributed by atoms with van der Waals surface area (Å²) in [4.78, 5) is 0. The highest BCUT2D eigenvalue weighted by atomic mass is 14.6. The molecular formula is C12H19N. The van der Waals surface area contributed by atoms with Gasteiger partial charge in [0.2, 0.25) is 0 Å². The summed E-state index contributed by atoms with van der Waals surface area (Å²) in [7, 11) is 0. The van der Waals surface area contributed by atoms with Gasteiger partial charge in [-0.2, -0.15) is 0 Å². The Morgan fingerprint density at radius 3 is 2.85 bits per heavy atom. The first-order valence-electron chi connectivity index (χ1n) is 5.04. The van der Waals surface area contributed by atoms with Crippen molar-refractivity contribution in [3.8, 4) is 0 Å². The van der Waals surface area contributed by atoms with E-state index in [-0.39, 0.29) is 6.04 Å². The number of hydrogen-bond donors (Lipinski definition) is 1. The predicted molar refractivity (Wildman–Crippen MR) is 58.5 cm³/mol. The molecule has 0 aromatic heterocycles. The van der Waals surface area contributed by atoms with Crippen LogP contribution in [0.2, 0.25) is 0 Å². The minimum atomic E-state index is 0.223. The van der Waals surface area contributed by atoms with Gasteiger partial charge >= 0.3 is 0 Å². The first-order chi connectivity index (χ1) is 6.24. The average molecular weight is 177 g/mol. The van der Waals surface area contributed by atoms with Gasteiger partial charge in [-0.25, -0.2) is 0 Å². The Kier molecular flexibility index (Phi) is 3.97. The second-order valence-corrected chi connectivity index (χ2v) is 3.62. The number of hydrogen-bond acceptors (Lipinski definition) is 1. The first-order valence-corrected chi connectivity index (χ1v) is 5.04. The summed E-state index contributed by atoms with van der Waals surface area (Å²) >= 11 is 0. The van der Waals surface area contributed by atoms with E-state index in [1.165, 1.54) is 11.1 Å². The Hall–Kier alpha value is -0.820. The molecule has 0 radical (unpaired) electrons. The fourth-order valence-corrected chi connectivity index (χ4v) is 1.50. The Bertz CT molecular complexity index is 246. The van der Waals surface area contributed by atoms with Crippen molar-refractivity contribution in [3.63, 3.8) is 0 Å². The quantitative estimate of drug-likeness (QED) is 0.704. The molecule has 0 bridgehead atoms. The second kappa shape index (κ2) is 5.03. The summed E-state index contributed by atoms with van der Waals surface area (Å²) in [5, 5.41) is 0. The fourth-order valence-electron chi connectivity index (χ4n) is 1.50. The van der Waals surface area contributed by atoms with E-state index in [2.05, 4.69) is 38.2 Å². The molecule has 0 heterocycles. The number of nitrogens with two attached hydrogens (primary N) is 1. The van der Waals surface area contributed by atoms with Crippen molar-refractivity contribution >= 4 is 0 Å². The van der Waals surface area contributed by atoms with Crippen LogP contribution >= 0.6 is 0 Å². The van der Waals surface area contributed by atoms with Crippen LogP contribution in [0.1, 0.15) is 33.1 Å². The molecule has 1 unspecified atom stereocenters. The number of rotatable bonds is 3. The third kappa shape index (κ3) is 3.19. The molecule has 1 atom stereocenters. The zero-order valence-corrected chi connectivity index (χ0v) is 8.59. The molecule has 0 amide bonds. The van der Waals surface area contributed by atoms with Crippen LogP contribution in [0.15, 0.2) is 35.5 Å². The monoisotopic (exact) mass is 177 g/mol. The van der Waals surface area contributed by atoms with Gasteiger partial charge in [0, 0.05) is 6.04 Å². The van der Waals surface area contributed by atoms with Crippen molar-refractivity contribution in [1.82, 2.24) is 0 Å². The number of allylic oxidation sites excluding steroid dienone is 4. The van der Waals surface area contributed by atoms with Crippen LogP contribution in [-0.4, -0.2) is 6.04 Å². The zero-order chi connectivity index (χ0) is 9.68. The Morgan fingerprint density at radius 1 is 1.38 bits per heavy atom. The van der Waals surface area contributed by atoms with Gasteiger partial charge in [0.15, 0.2) is 0 Å². The lowest BCUT2D eigenvalue weighted by Crippen LogP contribution is -2.21. The van der Waals surface area contributed by atoms with Crippen molar-refractivity contribution in [2.75, 3.05) is 0 Å². The van der Waals surface area contributed by atoms with Crippen LogP contribution in [0, 0.1) is 0 Å². The van der Waals surface area contributed by atoms with Crippen LogP contribution < -0.4 is 5.73 Å². The molecule has 0 aliphatic heterocycles. The van der Waals surface area contributed by atoms with Crippen LogP contribution in [0.5, 0.6) is 0 Å². The minimum absolute atomic E-state index is 0.223. The highest BCUT2D eigenvalue weighted by Gasteiger charge is 2.05. The maximum absolute atomic E-state index is 6.03. The predicted octanol–water partition coefficient (Wildman–Crippen LogP) is 2.95. The molecule has 1 aliphatic carbocycles. The van der Waals surface area contributed by atoms with Crippen LogP contribution in [-0.2, 0) is 0 Å². The van der Waals surface area contributed by atoms with Crippen LogP contribution in [0.4, 0.5) is 0 Å². The molecule has 1 aliphatic rings. The Morgan fingerprint density at radius 2 is 2.15 bits per heavy atom. The summed E-state index contributed by atoms with van der Waals surface area (Å²) in [6.07, 6.45) is 12.0. The molecule has 0 aromatic carbocycles. The zero-order valence-electron chi connectivity index (χ0n) is 8.59. The molecular weight excluding hydrogens is 158 g/mol. The molecule has 0 fully saturated rings.